The Bertz CT molecular complexity index is 1270. The molecule has 1 aromatic carbocycles. The van der Waals surface area contributed by atoms with Gasteiger partial charge >= 0.3 is 0 Å². The Morgan fingerprint density at radius 1 is 1.30 bits per heavy atom. The zero-order valence-electron chi connectivity index (χ0n) is 16.4. The number of aryl methyl sites for hydroxylation is 3. The number of hydrogen-bond donors (Lipinski definition) is 1. The fourth-order valence-electron chi connectivity index (χ4n) is 3.92. The number of rotatable bonds is 5. The molecule has 3 aromatic heterocycles. The average molecular weight is 442 g/mol. The maximum Gasteiger partial charge on any atom is 0.234 e. The molecule has 1 aliphatic rings. The van der Waals surface area contributed by atoms with E-state index in [1.807, 2.05) is 4.40 Å². The van der Waals surface area contributed by atoms with Gasteiger partial charge in [0, 0.05) is 17.0 Å². The van der Waals surface area contributed by atoms with E-state index >= 15 is 0 Å². The number of halogens is 1. The number of anilines is 1. The molecule has 0 spiro atoms. The number of carbonyl (C=O) groups is 1. The first-order valence-electron chi connectivity index (χ1n) is 10.0. The van der Waals surface area contributed by atoms with Gasteiger partial charge in [0.1, 0.15) is 16.5 Å². The van der Waals surface area contributed by atoms with E-state index in [0.29, 0.717) is 10.8 Å². The normalized spacial score (nSPS) is 13.7. The quantitative estimate of drug-likeness (QED) is 0.457. The second-order valence-corrected chi connectivity index (χ2v) is 9.29. The van der Waals surface area contributed by atoms with Crippen molar-refractivity contribution in [2.45, 2.75) is 44.2 Å². The number of thiophene rings is 1. The lowest BCUT2D eigenvalue weighted by Crippen LogP contribution is -2.14. The SMILES string of the molecule is CCc1nc2sc3c(c2c2nnc(SCC(=O)Nc4cccc(F)c4)n12)CCCC3. The van der Waals surface area contributed by atoms with Crippen molar-refractivity contribution in [1.29, 1.82) is 0 Å². The van der Waals surface area contributed by atoms with Gasteiger partial charge in [0.15, 0.2) is 10.8 Å². The van der Waals surface area contributed by atoms with Crippen molar-refractivity contribution < 1.29 is 9.18 Å². The highest BCUT2D eigenvalue weighted by Crippen LogP contribution is 2.38. The topological polar surface area (TPSA) is 72.2 Å². The Balaban J connectivity index is 1.45. The summed E-state index contributed by atoms with van der Waals surface area (Å²) < 4.78 is 15.3. The summed E-state index contributed by atoms with van der Waals surface area (Å²) in [7, 11) is 0. The maximum atomic E-state index is 13.3. The predicted octanol–water partition coefficient (Wildman–Crippen LogP) is 4.65. The molecule has 0 saturated heterocycles. The Labute approximate surface area is 180 Å². The third kappa shape index (κ3) is 3.45. The van der Waals surface area contributed by atoms with E-state index in [4.69, 9.17) is 4.98 Å². The van der Waals surface area contributed by atoms with Gasteiger partial charge in [0.25, 0.3) is 0 Å². The molecule has 4 aromatic rings. The number of aromatic nitrogens is 4. The number of benzene rings is 1. The summed E-state index contributed by atoms with van der Waals surface area (Å²) in [6.45, 7) is 2.06. The van der Waals surface area contributed by atoms with Gasteiger partial charge in [0.2, 0.25) is 5.91 Å². The largest absolute Gasteiger partial charge is 0.325 e. The van der Waals surface area contributed by atoms with Crippen LogP contribution < -0.4 is 5.32 Å². The van der Waals surface area contributed by atoms with Crippen LogP contribution in [0.5, 0.6) is 0 Å². The van der Waals surface area contributed by atoms with E-state index in [9.17, 15) is 9.18 Å². The van der Waals surface area contributed by atoms with Gasteiger partial charge in [-0.25, -0.2) is 9.37 Å². The average Bonchev–Trinajstić information content (AvgIpc) is 3.32. The van der Waals surface area contributed by atoms with Gasteiger partial charge in [-0.3, -0.25) is 9.20 Å². The van der Waals surface area contributed by atoms with Crippen LogP contribution in [0.25, 0.3) is 15.9 Å². The number of amides is 1. The Morgan fingerprint density at radius 3 is 3.00 bits per heavy atom. The molecule has 0 fully saturated rings. The summed E-state index contributed by atoms with van der Waals surface area (Å²) in [5.74, 6) is 0.447. The third-order valence-corrected chi connectivity index (χ3v) is 7.37. The molecule has 6 nitrogen and oxygen atoms in total. The molecular formula is C21H20FN5OS2. The molecule has 3 heterocycles. The summed E-state index contributed by atoms with van der Waals surface area (Å²) in [6, 6.07) is 5.87. The van der Waals surface area contributed by atoms with Crippen LogP contribution in [-0.2, 0) is 24.1 Å². The Hall–Kier alpha value is -2.52. The smallest absolute Gasteiger partial charge is 0.234 e. The second kappa shape index (κ2) is 7.96. The molecule has 1 aliphatic carbocycles. The lowest BCUT2D eigenvalue weighted by atomic mass is 9.97. The summed E-state index contributed by atoms with van der Waals surface area (Å²) in [5, 5.41) is 13.4. The maximum absolute atomic E-state index is 13.3. The van der Waals surface area contributed by atoms with Gasteiger partial charge in [-0.1, -0.05) is 24.8 Å². The van der Waals surface area contributed by atoms with Crippen LogP contribution in [0.4, 0.5) is 10.1 Å². The van der Waals surface area contributed by atoms with Crippen molar-refractivity contribution in [2.24, 2.45) is 0 Å². The highest BCUT2D eigenvalue weighted by Gasteiger charge is 2.23. The van der Waals surface area contributed by atoms with Crippen molar-refractivity contribution in [2.75, 3.05) is 11.1 Å². The van der Waals surface area contributed by atoms with E-state index in [1.165, 1.54) is 47.2 Å². The van der Waals surface area contributed by atoms with Gasteiger partial charge in [0.05, 0.1) is 11.1 Å². The van der Waals surface area contributed by atoms with E-state index in [1.54, 1.807) is 23.5 Å². The third-order valence-electron chi connectivity index (χ3n) is 5.26. The number of fused-ring (bicyclic) bond motifs is 5. The summed E-state index contributed by atoms with van der Waals surface area (Å²) >= 11 is 3.09. The van der Waals surface area contributed by atoms with Crippen LogP contribution in [0, 0.1) is 5.82 Å². The molecular weight excluding hydrogens is 421 g/mol. The molecule has 0 bridgehead atoms. The highest BCUT2D eigenvalue weighted by molar-refractivity contribution is 7.99. The molecule has 9 heteroatoms. The summed E-state index contributed by atoms with van der Waals surface area (Å²) in [5.41, 5.74) is 2.65. The van der Waals surface area contributed by atoms with Gasteiger partial charge < -0.3 is 5.32 Å². The fraction of sp³-hybridized carbons (Fsp3) is 0.333. The van der Waals surface area contributed by atoms with E-state index in [0.717, 1.165) is 41.0 Å². The van der Waals surface area contributed by atoms with Crippen molar-refractivity contribution in [3.63, 3.8) is 0 Å². The zero-order chi connectivity index (χ0) is 20.7. The monoisotopic (exact) mass is 441 g/mol. The molecule has 1 N–H and O–H groups in total. The minimum absolute atomic E-state index is 0.153. The van der Waals surface area contributed by atoms with Crippen LogP contribution in [0.3, 0.4) is 0 Å². The molecule has 0 unspecified atom stereocenters. The number of thioether (sulfide) groups is 1. The van der Waals surface area contributed by atoms with Crippen molar-refractivity contribution in [1.82, 2.24) is 19.6 Å². The van der Waals surface area contributed by atoms with E-state index < -0.39 is 0 Å². The second-order valence-electron chi connectivity index (χ2n) is 7.26. The molecule has 30 heavy (non-hydrogen) atoms. The van der Waals surface area contributed by atoms with Gasteiger partial charge in [-0.15, -0.1) is 21.5 Å². The molecule has 154 valence electrons. The zero-order valence-corrected chi connectivity index (χ0v) is 18.1. The first-order chi connectivity index (χ1) is 14.6. The minimum atomic E-state index is -0.384. The molecule has 0 aliphatic heterocycles. The number of nitrogens with zero attached hydrogens (tertiary/aromatic N) is 4. The van der Waals surface area contributed by atoms with Crippen LogP contribution in [0.15, 0.2) is 29.4 Å². The van der Waals surface area contributed by atoms with Crippen LogP contribution in [0.1, 0.15) is 36.0 Å². The fourth-order valence-corrected chi connectivity index (χ4v) is 5.94. The van der Waals surface area contributed by atoms with E-state index in [2.05, 4.69) is 22.4 Å². The first-order valence-corrected chi connectivity index (χ1v) is 11.8. The van der Waals surface area contributed by atoms with Gasteiger partial charge in [-0.05, 0) is 49.4 Å². The molecule has 0 saturated carbocycles. The predicted molar refractivity (Wildman–Crippen MR) is 118 cm³/mol. The Morgan fingerprint density at radius 2 is 2.17 bits per heavy atom. The van der Waals surface area contributed by atoms with Crippen molar-refractivity contribution in [3.05, 3.63) is 46.3 Å². The Kier molecular flexibility index (Phi) is 5.16. The summed E-state index contributed by atoms with van der Waals surface area (Å²) in [4.78, 5) is 19.7. The minimum Gasteiger partial charge on any atom is -0.325 e. The van der Waals surface area contributed by atoms with Crippen molar-refractivity contribution in [3.8, 4) is 0 Å². The molecule has 5 rings (SSSR count). The molecule has 0 atom stereocenters. The summed E-state index contributed by atoms with van der Waals surface area (Å²) in [6.07, 6.45) is 5.33. The number of hydrogen-bond acceptors (Lipinski definition) is 6. The van der Waals surface area contributed by atoms with E-state index in [-0.39, 0.29) is 17.5 Å². The molecule has 0 radical (unpaired) electrons. The highest BCUT2D eigenvalue weighted by atomic mass is 32.2. The lowest BCUT2D eigenvalue weighted by Gasteiger charge is -2.11. The van der Waals surface area contributed by atoms with Crippen LogP contribution in [0.2, 0.25) is 0 Å². The lowest BCUT2D eigenvalue weighted by molar-refractivity contribution is -0.113. The van der Waals surface area contributed by atoms with Crippen LogP contribution >= 0.6 is 23.1 Å². The first kappa shape index (κ1) is 19.4. The molecule has 1 amide bonds. The number of nitrogens with one attached hydrogen (secondary N) is 1. The van der Waals surface area contributed by atoms with Crippen molar-refractivity contribution >= 4 is 50.6 Å². The number of carbonyl (C=O) groups excluding carboxylic acids is 1. The van der Waals surface area contributed by atoms with Gasteiger partial charge in [-0.2, -0.15) is 0 Å². The standard InChI is InChI=1S/C21H20FN5OS2/c1-2-16-24-20-18(14-8-3-4-9-15(14)30-20)19-25-26-21(27(16)19)29-11-17(28)23-13-7-5-6-12(22)10-13/h5-7,10H,2-4,8-9,11H2,1H3,(H,23,28). The van der Waals surface area contributed by atoms with Crippen LogP contribution in [-0.4, -0.2) is 31.2 Å².